The molecular weight excluding hydrogens is 340 g/mol. The SMILES string of the molecule is COc1ccc(-c2cc(CCCC(=O)Nc3cc(C)ccc3C)no2)cc1. The van der Waals surface area contributed by atoms with Gasteiger partial charge in [0.1, 0.15) is 5.75 Å². The molecule has 0 radical (unpaired) electrons. The summed E-state index contributed by atoms with van der Waals surface area (Å²) in [6.07, 6.45) is 1.85. The molecule has 0 aliphatic rings. The normalized spacial score (nSPS) is 10.6. The molecule has 0 bridgehead atoms. The third-order valence-electron chi connectivity index (χ3n) is 4.44. The first-order chi connectivity index (χ1) is 13.0. The Labute approximate surface area is 159 Å². The summed E-state index contributed by atoms with van der Waals surface area (Å²) in [6, 6.07) is 15.6. The molecule has 1 aromatic heterocycles. The number of rotatable bonds is 7. The molecule has 0 saturated carbocycles. The highest BCUT2D eigenvalue weighted by atomic mass is 16.5. The van der Waals surface area contributed by atoms with Crippen LogP contribution in [0, 0.1) is 13.8 Å². The number of hydrogen-bond acceptors (Lipinski definition) is 4. The molecule has 2 aromatic carbocycles. The minimum absolute atomic E-state index is 0.0163. The maximum Gasteiger partial charge on any atom is 0.224 e. The molecule has 0 saturated heterocycles. The Balaban J connectivity index is 1.51. The minimum atomic E-state index is 0.0163. The molecule has 3 rings (SSSR count). The highest BCUT2D eigenvalue weighted by molar-refractivity contribution is 5.91. The van der Waals surface area contributed by atoms with Crippen LogP contribution in [0.1, 0.15) is 29.7 Å². The Hall–Kier alpha value is -3.08. The molecule has 1 amide bonds. The number of anilines is 1. The second-order valence-corrected chi connectivity index (χ2v) is 6.63. The number of nitrogens with zero attached hydrogens (tertiary/aromatic N) is 1. The predicted octanol–water partition coefficient (Wildman–Crippen LogP) is 4.93. The number of aromatic nitrogens is 1. The lowest BCUT2D eigenvalue weighted by Gasteiger charge is -2.09. The monoisotopic (exact) mass is 364 g/mol. The van der Waals surface area contributed by atoms with E-state index in [0.717, 1.165) is 33.8 Å². The van der Waals surface area contributed by atoms with Gasteiger partial charge in [-0.3, -0.25) is 4.79 Å². The third-order valence-corrected chi connectivity index (χ3v) is 4.44. The molecule has 0 aliphatic carbocycles. The quantitative estimate of drug-likeness (QED) is 0.646. The van der Waals surface area contributed by atoms with Crippen LogP contribution in [-0.4, -0.2) is 18.2 Å². The highest BCUT2D eigenvalue weighted by Crippen LogP contribution is 2.23. The first-order valence-corrected chi connectivity index (χ1v) is 9.02. The number of ether oxygens (including phenoxy) is 1. The Morgan fingerprint density at radius 1 is 1.11 bits per heavy atom. The van der Waals surface area contributed by atoms with Crippen LogP contribution in [0.5, 0.6) is 5.75 Å². The van der Waals surface area contributed by atoms with Gasteiger partial charge < -0.3 is 14.6 Å². The zero-order valence-corrected chi connectivity index (χ0v) is 15.9. The summed E-state index contributed by atoms with van der Waals surface area (Å²) in [5.74, 6) is 1.53. The highest BCUT2D eigenvalue weighted by Gasteiger charge is 2.09. The number of nitrogens with one attached hydrogen (secondary N) is 1. The van der Waals surface area contributed by atoms with Crippen LogP contribution < -0.4 is 10.1 Å². The fourth-order valence-electron chi connectivity index (χ4n) is 2.83. The Morgan fingerprint density at radius 2 is 1.89 bits per heavy atom. The molecular formula is C22H24N2O3. The van der Waals surface area contributed by atoms with Crippen molar-refractivity contribution in [3.05, 3.63) is 65.4 Å². The average molecular weight is 364 g/mol. The number of amides is 1. The lowest BCUT2D eigenvalue weighted by Crippen LogP contribution is -2.12. The Kier molecular flexibility index (Phi) is 5.91. The van der Waals surface area contributed by atoms with E-state index in [1.165, 1.54) is 0 Å². The smallest absolute Gasteiger partial charge is 0.224 e. The van der Waals surface area contributed by atoms with Gasteiger partial charge in [0, 0.05) is 23.7 Å². The third kappa shape index (κ3) is 4.97. The largest absolute Gasteiger partial charge is 0.497 e. The molecule has 27 heavy (non-hydrogen) atoms. The van der Waals surface area contributed by atoms with Crippen molar-refractivity contribution in [2.45, 2.75) is 33.1 Å². The van der Waals surface area contributed by atoms with Crippen LogP contribution in [0.2, 0.25) is 0 Å². The molecule has 0 unspecified atom stereocenters. The predicted molar refractivity (Wildman–Crippen MR) is 106 cm³/mol. The molecule has 0 atom stereocenters. The fourth-order valence-corrected chi connectivity index (χ4v) is 2.83. The van der Waals surface area contributed by atoms with Gasteiger partial charge in [0.05, 0.1) is 12.8 Å². The van der Waals surface area contributed by atoms with Crippen molar-refractivity contribution in [1.29, 1.82) is 0 Å². The van der Waals surface area contributed by atoms with E-state index in [1.54, 1.807) is 7.11 Å². The maximum atomic E-state index is 12.2. The number of aryl methyl sites for hydroxylation is 3. The molecule has 140 valence electrons. The summed E-state index contributed by atoms with van der Waals surface area (Å²) < 4.78 is 10.6. The van der Waals surface area contributed by atoms with Gasteiger partial charge in [-0.1, -0.05) is 17.3 Å². The van der Waals surface area contributed by atoms with E-state index in [1.807, 2.05) is 62.4 Å². The lowest BCUT2D eigenvalue weighted by molar-refractivity contribution is -0.116. The summed E-state index contributed by atoms with van der Waals surface area (Å²) >= 11 is 0. The molecule has 5 heteroatoms. The topological polar surface area (TPSA) is 64.4 Å². The van der Waals surface area contributed by atoms with Crippen LogP contribution in [0.3, 0.4) is 0 Å². The number of hydrogen-bond donors (Lipinski definition) is 1. The fraction of sp³-hybridized carbons (Fsp3) is 0.273. The van der Waals surface area contributed by atoms with Crippen molar-refractivity contribution in [2.24, 2.45) is 0 Å². The van der Waals surface area contributed by atoms with E-state index in [4.69, 9.17) is 9.26 Å². The molecule has 0 spiro atoms. The van der Waals surface area contributed by atoms with E-state index >= 15 is 0 Å². The van der Waals surface area contributed by atoms with Gasteiger partial charge in [0.2, 0.25) is 5.91 Å². The van der Waals surface area contributed by atoms with Gasteiger partial charge in [-0.15, -0.1) is 0 Å². The van der Waals surface area contributed by atoms with Crippen LogP contribution >= 0.6 is 0 Å². The van der Waals surface area contributed by atoms with Crippen molar-refractivity contribution in [3.63, 3.8) is 0 Å². The van der Waals surface area contributed by atoms with Crippen LogP contribution in [-0.2, 0) is 11.2 Å². The van der Waals surface area contributed by atoms with Crippen molar-refractivity contribution in [2.75, 3.05) is 12.4 Å². The second-order valence-electron chi connectivity index (χ2n) is 6.63. The molecule has 0 fully saturated rings. The zero-order valence-electron chi connectivity index (χ0n) is 15.9. The molecule has 5 nitrogen and oxygen atoms in total. The Bertz CT molecular complexity index is 914. The van der Waals surface area contributed by atoms with Crippen molar-refractivity contribution in [3.8, 4) is 17.1 Å². The molecule has 3 aromatic rings. The van der Waals surface area contributed by atoms with Gasteiger partial charge in [-0.25, -0.2) is 0 Å². The van der Waals surface area contributed by atoms with Gasteiger partial charge in [-0.2, -0.15) is 0 Å². The number of methoxy groups -OCH3 is 1. The van der Waals surface area contributed by atoms with Crippen LogP contribution in [0.25, 0.3) is 11.3 Å². The molecule has 1 N–H and O–H groups in total. The summed E-state index contributed by atoms with van der Waals surface area (Å²) in [5.41, 5.74) is 4.87. The first-order valence-electron chi connectivity index (χ1n) is 9.02. The van der Waals surface area contributed by atoms with Crippen LogP contribution in [0.4, 0.5) is 5.69 Å². The zero-order chi connectivity index (χ0) is 19.2. The molecule has 1 heterocycles. The maximum absolute atomic E-state index is 12.2. The van der Waals surface area contributed by atoms with E-state index in [0.29, 0.717) is 25.0 Å². The van der Waals surface area contributed by atoms with Crippen molar-refractivity contribution < 1.29 is 14.1 Å². The average Bonchev–Trinajstić information content (AvgIpc) is 3.14. The second kappa shape index (κ2) is 8.54. The number of carbonyl (C=O) groups is 1. The minimum Gasteiger partial charge on any atom is -0.497 e. The number of benzene rings is 2. The lowest BCUT2D eigenvalue weighted by atomic mass is 10.1. The standard InChI is InChI=1S/C22H24N2O3/c1-15-7-8-16(2)20(13-15)23-22(25)6-4-5-18-14-21(27-24-18)17-9-11-19(26-3)12-10-17/h7-14H,4-6H2,1-3H3,(H,23,25). The van der Waals surface area contributed by atoms with Crippen molar-refractivity contribution >= 4 is 11.6 Å². The summed E-state index contributed by atoms with van der Waals surface area (Å²) in [7, 11) is 1.64. The summed E-state index contributed by atoms with van der Waals surface area (Å²) in [4.78, 5) is 12.2. The van der Waals surface area contributed by atoms with Gasteiger partial charge in [0.15, 0.2) is 5.76 Å². The van der Waals surface area contributed by atoms with Gasteiger partial charge in [-0.05, 0) is 68.1 Å². The summed E-state index contributed by atoms with van der Waals surface area (Å²) in [6.45, 7) is 4.01. The number of carbonyl (C=O) groups excluding carboxylic acids is 1. The van der Waals surface area contributed by atoms with Gasteiger partial charge in [0.25, 0.3) is 0 Å². The van der Waals surface area contributed by atoms with E-state index in [-0.39, 0.29) is 5.91 Å². The van der Waals surface area contributed by atoms with E-state index in [9.17, 15) is 4.79 Å². The van der Waals surface area contributed by atoms with Crippen molar-refractivity contribution in [1.82, 2.24) is 5.16 Å². The Morgan fingerprint density at radius 3 is 2.63 bits per heavy atom. The van der Waals surface area contributed by atoms with Gasteiger partial charge >= 0.3 is 0 Å². The van der Waals surface area contributed by atoms with E-state index < -0.39 is 0 Å². The summed E-state index contributed by atoms with van der Waals surface area (Å²) in [5, 5.41) is 7.09. The van der Waals surface area contributed by atoms with E-state index in [2.05, 4.69) is 10.5 Å². The van der Waals surface area contributed by atoms with Crippen LogP contribution in [0.15, 0.2) is 53.1 Å². The molecule has 0 aliphatic heterocycles. The first kappa shape index (κ1) is 18.7.